The second-order valence-electron chi connectivity index (χ2n) is 6.79. The van der Waals surface area contributed by atoms with Crippen LogP contribution in [0.4, 0.5) is 5.69 Å². The number of nitrogens with zero attached hydrogens (tertiary/aromatic N) is 1. The molecule has 6 heteroatoms. The Labute approximate surface area is 176 Å². The molecule has 0 radical (unpaired) electrons. The van der Waals surface area contributed by atoms with E-state index in [1.165, 1.54) is 4.31 Å². The standard InChI is InChI=1S/C22H21Cl2NO2S/c1-15-7-10-19(11-8-15)28(26,27)25(22-6-4-5-16(2)17(22)3)14-18-9-12-20(23)21(24)13-18/h4-13H,14H2,1-3H3. The van der Waals surface area contributed by atoms with Gasteiger partial charge in [0.25, 0.3) is 10.0 Å². The maximum absolute atomic E-state index is 13.5. The topological polar surface area (TPSA) is 37.4 Å². The number of benzene rings is 3. The zero-order valence-corrected chi connectivity index (χ0v) is 18.2. The summed E-state index contributed by atoms with van der Waals surface area (Å²) in [5.41, 5.74) is 4.34. The highest BCUT2D eigenvalue weighted by molar-refractivity contribution is 7.92. The summed E-state index contributed by atoms with van der Waals surface area (Å²) in [5, 5.41) is 0.831. The first-order valence-corrected chi connectivity index (χ1v) is 11.0. The highest BCUT2D eigenvalue weighted by Gasteiger charge is 2.27. The Kier molecular flexibility index (Phi) is 6.04. The zero-order chi connectivity index (χ0) is 20.5. The first kappa shape index (κ1) is 20.7. The van der Waals surface area contributed by atoms with Gasteiger partial charge in [0.2, 0.25) is 0 Å². The summed E-state index contributed by atoms with van der Waals surface area (Å²) in [6.45, 7) is 5.97. The summed E-state index contributed by atoms with van der Waals surface area (Å²) in [7, 11) is -3.77. The molecule has 0 fully saturated rings. The molecule has 0 aliphatic carbocycles. The highest BCUT2D eigenvalue weighted by atomic mass is 35.5. The van der Waals surface area contributed by atoms with E-state index in [1.54, 1.807) is 42.5 Å². The maximum atomic E-state index is 13.5. The van der Waals surface area contributed by atoms with Gasteiger partial charge >= 0.3 is 0 Å². The van der Waals surface area contributed by atoms with Crippen LogP contribution < -0.4 is 4.31 Å². The van der Waals surface area contributed by atoms with Gasteiger partial charge in [0.15, 0.2) is 0 Å². The molecule has 0 spiro atoms. The smallest absolute Gasteiger partial charge is 0.262 e. The van der Waals surface area contributed by atoms with Crippen LogP contribution in [-0.4, -0.2) is 8.42 Å². The van der Waals surface area contributed by atoms with E-state index in [0.717, 1.165) is 22.3 Å². The Balaban J connectivity index is 2.14. The monoisotopic (exact) mass is 433 g/mol. The molecule has 0 saturated heterocycles. The number of aryl methyl sites for hydroxylation is 2. The lowest BCUT2D eigenvalue weighted by Gasteiger charge is -2.27. The lowest BCUT2D eigenvalue weighted by atomic mass is 10.1. The third-order valence-electron chi connectivity index (χ3n) is 4.76. The van der Waals surface area contributed by atoms with E-state index >= 15 is 0 Å². The van der Waals surface area contributed by atoms with E-state index in [1.807, 2.05) is 39.0 Å². The minimum Gasteiger partial charge on any atom is -0.262 e. The zero-order valence-electron chi connectivity index (χ0n) is 15.9. The third kappa shape index (κ3) is 4.19. The van der Waals surface area contributed by atoms with E-state index < -0.39 is 10.0 Å². The minimum absolute atomic E-state index is 0.150. The van der Waals surface area contributed by atoms with E-state index in [-0.39, 0.29) is 11.4 Å². The SMILES string of the molecule is Cc1ccc(S(=O)(=O)N(Cc2ccc(Cl)c(Cl)c2)c2cccc(C)c2C)cc1. The van der Waals surface area contributed by atoms with E-state index in [4.69, 9.17) is 23.2 Å². The van der Waals surface area contributed by atoms with Gasteiger partial charge in [-0.3, -0.25) is 4.31 Å². The summed E-state index contributed by atoms with van der Waals surface area (Å²) in [5.74, 6) is 0. The Morgan fingerprint density at radius 1 is 0.857 bits per heavy atom. The lowest BCUT2D eigenvalue weighted by Crippen LogP contribution is -2.31. The van der Waals surface area contributed by atoms with Crippen molar-refractivity contribution in [3.63, 3.8) is 0 Å². The molecule has 146 valence electrons. The van der Waals surface area contributed by atoms with Gasteiger partial charge in [-0.2, -0.15) is 0 Å². The van der Waals surface area contributed by atoms with Gasteiger partial charge in [0.1, 0.15) is 0 Å². The van der Waals surface area contributed by atoms with Crippen molar-refractivity contribution in [2.24, 2.45) is 0 Å². The quantitative estimate of drug-likeness (QED) is 0.472. The van der Waals surface area contributed by atoms with Gasteiger partial charge < -0.3 is 0 Å². The Morgan fingerprint density at radius 3 is 2.18 bits per heavy atom. The van der Waals surface area contributed by atoms with Crippen molar-refractivity contribution in [2.75, 3.05) is 4.31 Å². The fraction of sp³-hybridized carbons (Fsp3) is 0.182. The van der Waals surface area contributed by atoms with Gasteiger partial charge in [-0.15, -0.1) is 0 Å². The van der Waals surface area contributed by atoms with E-state index in [9.17, 15) is 8.42 Å². The first-order valence-electron chi connectivity index (χ1n) is 8.79. The maximum Gasteiger partial charge on any atom is 0.264 e. The van der Waals surface area contributed by atoms with Gasteiger partial charge in [-0.1, -0.05) is 59.1 Å². The molecule has 0 heterocycles. The molecular weight excluding hydrogens is 413 g/mol. The molecular formula is C22H21Cl2NO2S. The van der Waals surface area contributed by atoms with E-state index in [2.05, 4.69) is 0 Å². The van der Waals surface area contributed by atoms with Gasteiger partial charge in [-0.05, 0) is 67.8 Å². The molecule has 0 unspecified atom stereocenters. The summed E-state index contributed by atoms with van der Waals surface area (Å²) in [4.78, 5) is 0.249. The normalized spacial score (nSPS) is 11.5. The molecule has 28 heavy (non-hydrogen) atoms. The number of rotatable bonds is 5. The molecule has 3 rings (SSSR count). The van der Waals surface area contributed by atoms with Crippen LogP contribution in [0.3, 0.4) is 0 Å². The van der Waals surface area contributed by atoms with Crippen LogP contribution in [-0.2, 0) is 16.6 Å². The fourth-order valence-electron chi connectivity index (χ4n) is 2.95. The number of sulfonamides is 1. The Morgan fingerprint density at radius 2 is 1.54 bits per heavy atom. The average Bonchev–Trinajstić information content (AvgIpc) is 2.65. The molecule has 0 bridgehead atoms. The predicted octanol–water partition coefficient (Wildman–Crippen LogP) is 6.31. The molecule has 0 aromatic heterocycles. The largest absolute Gasteiger partial charge is 0.264 e. The third-order valence-corrected chi connectivity index (χ3v) is 7.28. The van der Waals surface area contributed by atoms with Gasteiger partial charge in [0.05, 0.1) is 27.2 Å². The second kappa shape index (κ2) is 8.16. The van der Waals surface area contributed by atoms with E-state index in [0.29, 0.717) is 15.7 Å². The van der Waals surface area contributed by atoms with Crippen LogP contribution in [0.5, 0.6) is 0 Å². The fourth-order valence-corrected chi connectivity index (χ4v) is 4.78. The molecule has 3 aromatic rings. The van der Waals surface area contributed by atoms with Crippen LogP contribution in [0.1, 0.15) is 22.3 Å². The van der Waals surface area contributed by atoms with Crippen molar-refractivity contribution in [3.05, 3.63) is 93.0 Å². The van der Waals surface area contributed by atoms with Crippen molar-refractivity contribution in [1.82, 2.24) is 0 Å². The Hall–Kier alpha value is -2.01. The van der Waals surface area contributed by atoms with Crippen LogP contribution in [0.2, 0.25) is 10.0 Å². The molecule has 0 aliphatic rings. The molecule has 0 N–H and O–H groups in total. The number of hydrogen-bond acceptors (Lipinski definition) is 2. The average molecular weight is 434 g/mol. The second-order valence-corrected chi connectivity index (χ2v) is 9.47. The summed E-state index contributed by atoms with van der Waals surface area (Å²) >= 11 is 12.2. The van der Waals surface area contributed by atoms with Gasteiger partial charge in [0, 0.05) is 0 Å². The number of anilines is 1. The number of halogens is 2. The van der Waals surface area contributed by atoms with Crippen molar-refractivity contribution in [3.8, 4) is 0 Å². The lowest BCUT2D eigenvalue weighted by molar-refractivity contribution is 0.590. The predicted molar refractivity (Wildman–Crippen MR) is 117 cm³/mol. The van der Waals surface area contributed by atoms with Crippen molar-refractivity contribution >= 4 is 38.9 Å². The van der Waals surface area contributed by atoms with Crippen molar-refractivity contribution in [1.29, 1.82) is 0 Å². The summed E-state index contributed by atoms with van der Waals surface area (Å²) in [6.07, 6.45) is 0. The van der Waals surface area contributed by atoms with Crippen molar-refractivity contribution < 1.29 is 8.42 Å². The molecule has 0 amide bonds. The highest BCUT2D eigenvalue weighted by Crippen LogP contribution is 2.31. The van der Waals surface area contributed by atoms with Crippen LogP contribution in [0.25, 0.3) is 0 Å². The molecule has 3 aromatic carbocycles. The summed E-state index contributed by atoms with van der Waals surface area (Å²) in [6, 6.07) is 17.7. The van der Waals surface area contributed by atoms with Crippen molar-refractivity contribution in [2.45, 2.75) is 32.2 Å². The molecule has 0 atom stereocenters. The molecule has 0 saturated carbocycles. The summed E-state index contributed by atoms with van der Waals surface area (Å²) < 4.78 is 28.5. The first-order chi connectivity index (χ1) is 13.2. The molecule has 3 nitrogen and oxygen atoms in total. The van der Waals surface area contributed by atoms with Crippen LogP contribution in [0, 0.1) is 20.8 Å². The van der Waals surface area contributed by atoms with Gasteiger partial charge in [-0.25, -0.2) is 8.42 Å². The minimum atomic E-state index is -3.77. The number of hydrogen-bond donors (Lipinski definition) is 0. The molecule has 0 aliphatic heterocycles. The van der Waals surface area contributed by atoms with Crippen LogP contribution in [0.15, 0.2) is 65.6 Å². The Bertz CT molecular complexity index is 1110. The van der Waals surface area contributed by atoms with Crippen LogP contribution >= 0.6 is 23.2 Å².